The lowest BCUT2D eigenvalue weighted by Crippen LogP contribution is -2.47. The molecule has 1 heterocycles. The first-order valence-electron chi connectivity index (χ1n) is 8.40. The second kappa shape index (κ2) is 8.19. The molecule has 0 unspecified atom stereocenters. The summed E-state index contributed by atoms with van der Waals surface area (Å²) in [6.07, 6.45) is 1.19. The van der Waals surface area contributed by atoms with E-state index < -0.39 is 11.7 Å². The Morgan fingerprint density at radius 3 is 2.38 bits per heavy atom. The predicted octanol–water partition coefficient (Wildman–Crippen LogP) is 3.91. The van der Waals surface area contributed by atoms with Gasteiger partial charge in [0, 0.05) is 24.8 Å². The van der Waals surface area contributed by atoms with Gasteiger partial charge in [0.2, 0.25) is 0 Å². The molecule has 3 rings (SSSR count). The molecule has 0 radical (unpaired) electrons. The number of amides is 3. The first-order chi connectivity index (χ1) is 12.5. The third-order valence-electron chi connectivity index (χ3n) is 4.33. The zero-order valence-corrected chi connectivity index (χ0v) is 14.8. The molecule has 2 aromatic carbocycles. The summed E-state index contributed by atoms with van der Waals surface area (Å²) in [6.45, 7) is 0.861. The summed E-state index contributed by atoms with van der Waals surface area (Å²) in [6, 6.07) is 13.0. The highest BCUT2D eigenvalue weighted by molar-refractivity contribution is 6.33. The predicted molar refractivity (Wildman–Crippen MR) is 98.9 cm³/mol. The molecule has 5 nitrogen and oxygen atoms in total. The zero-order valence-electron chi connectivity index (χ0n) is 14.0. The van der Waals surface area contributed by atoms with E-state index in [0.29, 0.717) is 31.6 Å². The molecule has 0 spiro atoms. The highest BCUT2D eigenvalue weighted by Gasteiger charge is 2.27. The Kier molecular flexibility index (Phi) is 5.73. The van der Waals surface area contributed by atoms with Crippen molar-refractivity contribution in [2.24, 2.45) is 0 Å². The van der Waals surface area contributed by atoms with Crippen LogP contribution >= 0.6 is 11.6 Å². The van der Waals surface area contributed by atoms with Gasteiger partial charge in [0.1, 0.15) is 5.82 Å². The maximum absolute atomic E-state index is 13.9. The number of benzene rings is 2. The molecule has 1 fully saturated rings. The lowest BCUT2D eigenvalue weighted by atomic mass is 10.0. The third-order valence-corrected chi connectivity index (χ3v) is 4.64. The van der Waals surface area contributed by atoms with Crippen LogP contribution in [-0.2, 0) is 0 Å². The van der Waals surface area contributed by atoms with E-state index in [1.807, 2.05) is 18.2 Å². The first kappa shape index (κ1) is 18.2. The van der Waals surface area contributed by atoms with E-state index in [9.17, 15) is 14.0 Å². The number of para-hydroxylation sites is 1. The van der Waals surface area contributed by atoms with Crippen molar-refractivity contribution >= 4 is 29.2 Å². The number of halogens is 2. The Morgan fingerprint density at radius 2 is 1.73 bits per heavy atom. The molecule has 1 aliphatic rings. The highest BCUT2D eigenvalue weighted by atomic mass is 35.5. The van der Waals surface area contributed by atoms with Crippen molar-refractivity contribution in [2.45, 2.75) is 18.9 Å². The van der Waals surface area contributed by atoms with Crippen LogP contribution in [0.2, 0.25) is 5.02 Å². The van der Waals surface area contributed by atoms with E-state index in [1.165, 1.54) is 18.2 Å². The number of anilines is 1. The SMILES string of the molecule is O=C(Nc1ccccc1)NC1CCN(C(=O)c2c(F)cccc2Cl)CC1. The van der Waals surface area contributed by atoms with Gasteiger partial charge >= 0.3 is 6.03 Å². The van der Waals surface area contributed by atoms with Crippen molar-refractivity contribution in [3.05, 3.63) is 64.9 Å². The monoisotopic (exact) mass is 375 g/mol. The summed E-state index contributed by atoms with van der Waals surface area (Å²) in [7, 11) is 0. The molecule has 2 N–H and O–H groups in total. The Bertz CT molecular complexity index is 772. The molecule has 0 saturated carbocycles. The highest BCUT2D eigenvalue weighted by Crippen LogP contribution is 2.22. The van der Waals surface area contributed by atoms with Crippen molar-refractivity contribution in [2.75, 3.05) is 18.4 Å². The third kappa shape index (κ3) is 4.32. The molecule has 2 aromatic rings. The summed E-state index contributed by atoms with van der Waals surface area (Å²) < 4.78 is 13.9. The van der Waals surface area contributed by atoms with Crippen LogP contribution in [0.3, 0.4) is 0 Å². The number of carbonyl (C=O) groups excluding carboxylic acids is 2. The van der Waals surface area contributed by atoms with Crippen molar-refractivity contribution < 1.29 is 14.0 Å². The molecule has 0 aliphatic carbocycles. The van der Waals surface area contributed by atoms with E-state index in [-0.39, 0.29) is 22.7 Å². The van der Waals surface area contributed by atoms with Crippen LogP contribution in [-0.4, -0.2) is 36.0 Å². The summed E-state index contributed by atoms with van der Waals surface area (Å²) in [5.41, 5.74) is 0.620. The van der Waals surface area contributed by atoms with Gasteiger partial charge in [0.25, 0.3) is 5.91 Å². The maximum atomic E-state index is 13.9. The molecule has 1 saturated heterocycles. The summed E-state index contributed by atoms with van der Waals surface area (Å²) in [4.78, 5) is 26.1. The van der Waals surface area contributed by atoms with E-state index >= 15 is 0 Å². The number of nitrogens with one attached hydrogen (secondary N) is 2. The average Bonchev–Trinajstić information content (AvgIpc) is 2.63. The fourth-order valence-corrected chi connectivity index (χ4v) is 3.21. The van der Waals surface area contributed by atoms with Gasteiger partial charge in [-0.15, -0.1) is 0 Å². The Labute approximate surface area is 156 Å². The molecule has 1 aliphatic heterocycles. The normalized spacial score (nSPS) is 14.8. The first-order valence-corrected chi connectivity index (χ1v) is 8.78. The standard InChI is InChI=1S/C19H19ClFN3O2/c20-15-7-4-8-16(21)17(15)18(25)24-11-9-14(10-12-24)23-19(26)22-13-5-2-1-3-6-13/h1-8,14H,9-12H2,(H2,22,23,26). The molecule has 0 aromatic heterocycles. The Hall–Kier alpha value is -2.60. The Balaban J connectivity index is 1.53. The lowest BCUT2D eigenvalue weighted by Gasteiger charge is -2.32. The Morgan fingerprint density at radius 1 is 1.04 bits per heavy atom. The number of likely N-dealkylation sites (tertiary alicyclic amines) is 1. The van der Waals surface area contributed by atoms with Crippen molar-refractivity contribution in [3.63, 3.8) is 0 Å². The van der Waals surface area contributed by atoms with Gasteiger partial charge in [-0.2, -0.15) is 0 Å². The van der Waals surface area contributed by atoms with Crippen molar-refractivity contribution in [1.82, 2.24) is 10.2 Å². The van der Waals surface area contributed by atoms with Gasteiger partial charge in [-0.1, -0.05) is 35.9 Å². The van der Waals surface area contributed by atoms with E-state index in [2.05, 4.69) is 10.6 Å². The summed E-state index contributed by atoms with van der Waals surface area (Å²) >= 11 is 5.97. The minimum absolute atomic E-state index is 0.0427. The molecule has 0 atom stereocenters. The minimum Gasteiger partial charge on any atom is -0.338 e. The number of rotatable bonds is 3. The molecular formula is C19H19ClFN3O2. The molecule has 3 amide bonds. The van der Waals surface area contributed by atoms with E-state index in [1.54, 1.807) is 17.0 Å². The average molecular weight is 376 g/mol. The van der Waals surface area contributed by atoms with Crippen LogP contribution in [0.15, 0.2) is 48.5 Å². The van der Waals surface area contributed by atoms with Gasteiger partial charge < -0.3 is 15.5 Å². The van der Waals surface area contributed by atoms with Crippen molar-refractivity contribution in [1.29, 1.82) is 0 Å². The van der Waals surface area contributed by atoms with E-state index in [0.717, 1.165) is 0 Å². The maximum Gasteiger partial charge on any atom is 0.319 e. The van der Waals surface area contributed by atoms with Gasteiger partial charge in [0.15, 0.2) is 0 Å². The smallest absolute Gasteiger partial charge is 0.319 e. The molecule has 136 valence electrons. The lowest BCUT2D eigenvalue weighted by molar-refractivity contribution is 0.0704. The minimum atomic E-state index is -0.620. The number of nitrogens with zero attached hydrogens (tertiary/aromatic N) is 1. The van der Waals surface area contributed by atoms with Crippen LogP contribution in [0.1, 0.15) is 23.2 Å². The van der Waals surface area contributed by atoms with E-state index in [4.69, 9.17) is 11.6 Å². The van der Waals surface area contributed by atoms with Crippen LogP contribution in [0, 0.1) is 5.82 Å². The zero-order chi connectivity index (χ0) is 18.5. The number of piperidine rings is 1. The number of hydrogen-bond acceptors (Lipinski definition) is 2. The molecule has 7 heteroatoms. The quantitative estimate of drug-likeness (QED) is 0.854. The van der Waals surface area contributed by atoms with Crippen molar-refractivity contribution in [3.8, 4) is 0 Å². The topological polar surface area (TPSA) is 61.4 Å². The molecular weight excluding hydrogens is 357 g/mol. The van der Waals surface area contributed by atoms with Gasteiger partial charge in [-0.05, 0) is 37.1 Å². The molecule has 0 bridgehead atoms. The number of carbonyl (C=O) groups is 2. The number of urea groups is 1. The fraction of sp³-hybridized carbons (Fsp3) is 0.263. The van der Waals surface area contributed by atoms with Crippen LogP contribution in [0.5, 0.6) is 0 Å². The van der Waals surface area contributed by atoms with Crippen LogP contribution in [0.4, 0.5) is 14.9 Å². The second-order valence-corrected chi connectivity index (χ2v) is 6.53. The second-order valence-electron chi connectivity index (χ2n) is 6.13. The summed E-state index contributed by atoms with van der Waals surface area (Å²) in [5, 5.41) is 5.78. The molecule has 26 heavy (non-hydrogen) atoms. The van der Waals surface area contributed by atoms with Crippen LogP contribution < -0.4 is 10.6 Å². The van der Waals surface area contributed by atoms with Gasteiger partial charge in [-0.3, -0.25) is 4.79 Å². The van der Waals surface area contributed by atoms with Crippen LogP contribution in [0.25, 0.3) is 0 Å². The van der Waals surface area contributed by atoms with Gasteiger partial charge in [-0.25, -0.2) is 9.18 Å². The largest absolute Gasteiger partial charge is 0.338 e. The number of hydrogen-bond donors (Lipinski definition) is 2. The fourth-order valence-electron chi connectivity index (χ4n) is 2.96. The summed E-state index contributed by atoms with van der Waals surface area (Å²) in [5.74, 6) is -1.04. The van der Waals surface area contributed by atoms with Gasteiger partial charge in [0.05, 0.1) is 10.6 Å².